The molecule has 0 unspecified atom stereocenters. The Labute approximate surface area is 76.4 Å². The van der Waals surface area contributed by atoms with Gasteiger partial charge in [-0.2, -0.15) is 39.5 Å². The highest BCUT2D eigenvalue weighted by molar-refractivity contribution is 5.35. The number of rotatable bonds is 0. The maximum atomic E-state index is 12.4. The third-order valence-electron chi connectivity index (χ3n) is 1.78. The molecule has 0 aromatic carbocycles. The molecular weight excluding hydrogens is 243 g/mol. The molecule has 1 rings (SSSR count). The smallest absolute Gasteiger partial charge is 0.195 e. The molecule has 0 N–H and O–H groups in total. The fourth-order valence-corrected chi connectivity index (χ4v) is 1.00. The van der Waals surface area contributed by atoms with Crippen LogP contribution in [0.2, 0.25) is 0 Å². The maximum absolute atomic E-state index is 12.4. The van der Waals surface area contributed by atoms with E-state index >= 15 is 0 Å². The minimum Gasteiger partial charge on any atom is -0.195 e. The lowest BCUT2D eigenvalue weighted by Crippen LogP contribution is -2.49. The lowest BCUT2D eigenvalue weighted by atomic mass is 10.1. The average Bonchev–Trinajstić information content (AvgIpc) is 2.07. The van der Waals surface area contributed by atoms with Crippen molar-refractivity contribution >= 4 is 0 Å². The quantitative estimate of drug-likeness (QED) is 0.452. The molecule has 1 aliphatic carbocycles. The molecule has 0 bridgehead atoms. The van der Waals surface area contributed by atoms with Crippen molar-refractivity contribution in [1.82, 2.24) is 0 Å². The molecule has 0 nitrogen and oxygen atoms in total. The van der Waals surface area contributed by atoms with Crippen molar-refractivity contribution in [2.24, 2.45) is 0 Å². The molecule has 0 amide bonds. The highest BCUT2D eigenvalue weighted by Crippen LogP contribution is 2.58. The molecule has 0 aromatic heterocycles. The van der Waals surface area contributed by atoms with Crippen LogP contribution in [-0.2, 0) is 0 Å². The van der Waals surface area contributed by atoms with E-state index in [0.717, 1.165) is 0 Å². The molecule has 0 aromatic rings. The molecular formula is C6HF9. The molecule has 88 valence electrons. The van der Waals surface area contributed by atoms with Crippen molar-refractivity contribution in [2.45, 2.75) is 23.9 Å². The van der Waals surface area contributed by atoms with Crippen LogP contribution in [-0.4, -0.2) is 23.9 Å². The summed E-state index contributed by atoms with van der Waals surface area (Å²) in [6.45, 7) is 0. The van der Waals surface area contributed by atoms with Crippen molar-refractivity contribution in [3.05, 3.63) is 11.6 Å². The van der Waals surface area contributed by atoms with Gasteiger partial charge < -0.3 is 0 Å². The molecule has 9 heteroatoms. The number of alkyl halides is 9. The molecule has 0 heterocycles. The van der Waals surface area contributed by atoms with Crippen molar-refractivity contribution in [1.29, 1.82) is 0 Å². The fourth-order valence-electron chi connectivity index (χ4n) is 1.00. The van der Waals surface area contributed by atoms with E-state index in [-0.39, 0.29) is 0 Å². The summed E-state index contributed by atoms with van der Waals surface area (Å²) in [5.41, 5.74) is -3.22. The Morgan fingerprint density at radius 1 is 0.867 bits per heavy atom. The Hall–Kier alpha value is -0.890. The topological polar surface area (TPSA) is 0 Å². The normalized spacial score (nSPS) is 27.7. The predicted octanol–water partition coefficient (Wildman–Crippen LogP) is 3.39. The first kappa shape index (κ1) is 12.2. The molecule has 0 saturated carbocycles. The molecule has 0 radical (unpaired) electrons. The first-order valence-electron chi connectivity index (χ1n) is 3.28. The van der Waals surface area contributed by atoms with Crippen LogP contribution >= 0.6 is 0 Å². The molecule has 15 heavy (non-hydrogen) atoms. The first-order valence-corrected chi connectivity index (χ1v) is 3.28. The van der Waals surface area contributed by atoms with Crippen LogP contribution in [0.4, 0.5) is 39.5 Å². The third-order valence-corrected chi connectivity index (χ3v) is 1.78. The highest BCUT2D eigenvalue weighted by Gasteiger charge is 2.80. The Morgan fingerprint density at radius 3 is 1.40 bits per heavy atom. The summed E-state index contributed by atoms with van der Waals surface area (Å²) in [5.74, 6) is -17.5. The van der Waals surface area contributed by atoms with E-state index in [1.54, 1.807) is 0 Å². The van der Waals surface area contributed by atoms with E-state index in [0.29, 0.717) is 0 Å². The minimum absolute atomic E-state index is 1.44. The fraction of sp³-hybridized carbons (Fsp3) is 0.667. The van der Waals surface area contributed by atoms with E-state index in [9.17, 15) is 39.5 Å². The van der Waals surface area contributed by atoms with E-state index < -0.39 is 35.6 Å². The van der Waals surface area contributed by atoms with Gasteiger partial charge in [-0.3, -0.25) is 0 Å². The second kappa shape index (κ2) is 2.62. The van der Waals surface area contributed by atoms with Gasteiger partial charge in [-0.25, -0.2) is 0 Å². The van der Waals surface area contributed by atoms with Crippen LogP contribution in [0.1, 0.15) is 0 Å². The van der Waals surface area contributed by atoms with Gasteiger partial charge in [-0.05, 0) is 0 Å². The van der Waals surface area contributed by atoms with Crippen LogP contribution in [0.15, 0.2) is 11.6 Å². The lowest BCUT2D eigenvalue weighted by molar-refractivity contribution is -0.272. The van der Waals surface area contributed by atoms with Gasteiger partial charge in [0.1, 0.15) is 5.57 Å². The van der Waals surface area contributed by atoms with Gasteiger partial charge >= 0.3 is 23.9 Å². The average molecular weight is 244 g/mol. The van der Waals surface area contributed by atoms with Gasteiger partial charge in [0.05, 0.1) is 0 Å². The van der Waals surface area contributed by atoms with Crippen molar-refractivity contribution < 1.29 is 39.5 Å². The Kier molecular flexibility index (Phi) is 2.12. The van der Waals surface area contributed by atoms with Gasteiger partial charge in [-0.15, -0.1) is 0 Å². The zero-order valence-electron chi connectivity index (χ0n) is 6.48. The molecule has 0 atom stereocenters. The molecule has 0 saturated heterocycles. The van der Waals surface area contributed by atoms with Gasteiger partial charge in [0.15, 0.2) is 0 Å². The van der Waals surface area contributed by atoms with Crippen LogP contribution in [0.5, 0.6) is 0 Å². The van der Waals surface area contributed by atoms with Crippen molar-refractivity contribution in [2.75, 3.05) is 0 Å². The molecule has 0 fully saturated rings. The van der Waals surface area contributed by atoms with E-state index in [1.807, 2.05) is 0 Å². The van der Waals surface area contributed by atoms with Crippen LogP contribution in [0, 0.1) is 0 Å². The maximum Gasteiger partial charge on any atom is 0.418 e. The number of hydrogen-bond donors (Lipinski definition) is 0. The standard InChI is InChI=1S/C6HF9/c7-3(8)1-2(5(11,12)13)4(9,10)6(3,14)15/h1H. The number of halogens is 9. The van der Waals surface area contributed by atoms with Gasteiger partial charge in [-0.1, -0.05) is 0 Å². The second-order valence-corrected chi connectivity index (χ2v) is 2.83. The molecule has 0 spiro atoms. The molecule has 0 aliphatic heterocycles. The number of hydrogen-bond acceptors (Lipinski definition) is 0. The second-order valence-electron chi connectivity index (χ2n) is 2.83. The van der Waals surface area contributed by atoms with Crippen LogP contribution in [0.25, 0.3) is 0 Å². The predicted molar refractivity (Wildman–Crippen MR) is 29.0 cm³/mol. The van der Waals surface area contributed by atoms with E-state index in [4.69, 9.17) is 0 Å². The largest absolute Gasteiger partial charge is 0.418 e. The summed E-state index contributed by atoms with van der Waals surface area (Å²) in [7, 11) is 0. The molecule has 1 aliphatic rings. The van der Waals surface area contributed by atoms with Gasteiger partial charge in [0.2, 0.25) is 0 Å². The van der Waals surface area contributed by atoms with Crippen molar-refractivity contribution in [3.63, 3.8) is 0 Å². The lowest BCUT2D eigenvalue weighted by Gasteiger charge is -2.25. The van der Waals surface area contributed by atoms with E-state index in [2.05, 4.69) is 0 Å². The van der Waals surface area contributed by atoms with Gasteiger partial charge in [0.25, 0.3) is 0 Å². The highest BCUT2D eigenvalue weighted by atomic mass is 19.4. The van der Waals surface area contributed by atoms with Crippen LogP contribution < -0.4 is 0 Å². The van der Waals surface area contributed by atoms with E-state index in [1.165, 1.54) is 0 Å². The third kappa shape index (κ3) is 1.39. The zero-order valence-corrected chi connectivity index (χ0v) is 6.48. The Morgan fingerprint density at radius 2 is 1.27 bits per heavy atom. The summed E-state index contributed by atoms with van der Waals surface area (Å²) in [5, 5.41) is 0. The Bertz CT molecular complexity index is 307. The SMILES string of the molecule is FC(F)(F)C1=CC(F)(F)C(F)(F)C1(F)F. The minimum atomic E-state index is -6.06. The number of allylic oxidation sites excluding steroid dienone is 2. The van der Waals surface area contributed by atoms with Gasteiger partial charge in [0, 0.05) is 6.08 Å². The first-order chi connectivity index (χ1) is 6.34. The zero-order chi connectivity index (χ0) is 12.3. The Balaban J connectivity index is 3.35. The summed E-state index contributed by atoms with van der Waals surface area (Å²) in [6.07, 6.45) is -7.36. The summed E-state index contributed by atoms with van der Waals surface area (Å²) >= 11 is 0. The van der Waals surface area contributed by atoms with Crippen LogP contribution in [0.3, 0.4) is 0 Å². The van der Waals surface area contributed by atoms with Crippen molar-refractivity contribution in [3.8, 4) is 0 Å². The summed E-state index contributed by atoms with van der Waals surface area (Å²) in [6, 6.07) is 0. The summed E-state index contributed by atoms with van der Waals surface area (Å²) in [4.78, 5) is 0. The summed E-state index contributed by atoms with van der Waals surface area (Å²) < 4.78 is 109. The monoisotopic (exact) mass is 244 g/mol.